The van der Waals surface area contributed by atoms with Crippen molar-refractivity contribution in [3.63, 3.8) is 0 Å². The van der Waals surface area contributed by atoms with Gasteiger partial charge in [0.25, 0.3) is 0 Å². The van der Waals surface area contributed by atoms with Crippen molar-refractivity contribution in [1.82, 2.24) is 4.90 Å². The lowest BCUT2D eigenvalue weighted by molar-refractivity contribution is 0.306. The smallest absolute Gasteiger partial charge is 0.0464 e. The molecule has 1 atom stereocenters. The zero-order chi connectivity index (χ0) is 9.84. The highest BCUT2D eigenvalue weighted by Crippen LogP contribution is 2.18. The molecule has 0 aromatic heterocycles. The Hall–Kier alpha value is -0.570. The summed E-state index contributed by atoms with van der Waals surface area (Å²) in [6.07, 6.45) is 0. The molecule has 13 heavy (non-hydrogen) atoms. The van der Waals surface area contributed by atoms with Gasteiger partial charge in [0.05, 0.1) is 0 Å². The van der Waals surface area contributed by atoms with Crippen LogP contribution in [0, 0.1) is 0 Å². The molecule has 1 aromatic rings. The zero-order valence-electron chi connectivity index (χ0n) is 8.00. The van der Waals surface area contributed by atoms with Crippen molar-refractivity contribution < 1.29 is 0 Å². The number of hydrogen-bond donors (Lipinski definition) is 1. The molecule has 1 aromatic carbocycles. The van der Waals surface area contributed by atoms with Crippen molar-refractivity contribution in [3.05, 3.63) is 34.9 Å². The number of nitrogens with zero attached hydrogens (tertiary/aromatic N) is 1. The van der Waals surface area contributed by atoms with E-state index in [2.05, 4.69) is 4.90 Å². The lowest BCUT2D eigenvalue weighted by Gasteiger charge is -2.22. The first-order valence-electron chi connectivity index (χ1n) is 4.27. The zero-order valence-corrected chi connectivity index (χ0v) is 8.75. The van der Waals surface area contributed by atoms with Crippen molar-refractivity contribution in [2.24, 2.45) is 5.73 Å². The van der Waals surface area contributed by atoms with Gasteiger partial charge in [0.15, 0.2) is 0 Å². The predicted octanol–water partition coefficient (Wildman–Crippen LogP) is 1.90. The minimum atomic E-state index is 0.275. The van der Waals surface area contributed by atoms with E-state index in [0.29, 0.717) is 6.54 Å². The maximum Gasteiger partial charge on any atom is 0.0464 e. The fourth-order valence-electron chi connectivity index (χ4n) is 1.33. The van der Waals surface area contributed by atoms with Crippen LogP contribution in [0.1, 0.15) is 11.6 Å². The number of nitrogens with two attached hydrogens (primary N) is 1. The minimum Gasteiger partial charge on any atom is -0.329 e. The number of hydrogen-bond acceptors (Lipinski definition) is 2. The molecule has 2 nitrogen and oxygen atoms in total. The first kappa shape index (κ1) is 10.5. The molecule has 0 aliphatic rings. The molecule has 0 amide bonds. The van der Waals surface area contributed by atoms with Gasteiger partial charge in [-0.05, 0) is 31.8 Å². The lowest BCUT2D eigenvalue weighted by Crippen LogP contribution is -2.27. The Kier molecular flexibility index (Phi) is 3.72. The van der Waals surface area contributed by atoms with Crippen LogP contribution in [-0.2, 0) is 0 Å². The average molecular weight is 199 g/mol. The Bertz CT molecular complexity index is 256. The Morgan fingerprint density at radius 2 is 1.85 bits per heavy atom. The van der Waals surface area contributed by atoms with Crippen LogP contribution >= 0.6 is 11.6 Å². The van der Waals surface area contributed by atoms with E-state index in [4.69, 9.17) is 17.3 Å². The molecule has 1 rings (SSSR count). The van der Waals surface area contributed by atoms with Gasteiger partial charge >= 0.3 is 0 Å². The minimum absolute atomic E-state index is 0.275. The molecular formula is C10H15ClN2. The lowest BCUT2D eigenvalue weighted by atomic mass is 10.1. The van der Waals surface area contributed by atoms with E-state index >= 15 is 0 Å². The van der Waals surface area contributed by atoms with Gasteiger partial charge in [-0.15, -0.1) is 0 Å². The second kappa shape index (κ2) is 4.61. The van der Waals surface area contributed by atoms with Crippen LogP contribution in [0.4, 0.5) is 0 Å². The van der Waals surface area contributed by atoms with E-state index in [-0.39, 0.29) is 6.04 Å². The van der Waals surface area contributed by atoms with Gasteiger partial charge in [0, 0.05) is 17.6 Å². The quantitative estimate of drug-likeness (QED) is 0.804. The van der Waals surface area contributed by atoms with Crippen LogP contribution in [-0.4, -0.2) is 25.5 Å². The van der Waals surface area contributed by atoms with Crippen LogP contribution in [0.3, 0.4) is 0 Å². The molecule has 0 fully saturated rings. The summed E-state index contributed by atoms with van der Waals surface area (Å²) in [5.41, 5.74) is 6.87. The van der Waals surface area contributed by atoms with Gasteiger partial charge in [-0.2, -0.15) is 0 Å². The van der Waals surface area contributed by atoms with Gasteiger partial charge in [-0.3, -0.25) is 0 Å². The highest BCUT2D eigenvalue weighted by atomic mass is 35.5. The molecule has 0 saturated heterocycles. The summed E-state index contributed by atoms with van der Waals surface area (Å²) in [5.74, 6) is 0. The Morgan fingerprint density at radius 3 is 2.23 bits per heavy atom. The molecule has 0 aliphatic heterocycles. The summed E-state index contributed by atoms with van der Waals surface area (Å²) >= 11 is 5.79. The van der Waals surface area contributed by atoms with Crippen molar-refractivity contribution in [2.75, 3.05) is 20.6 Å². The molecule has 0 bridgehead atoms. The molecular weight excluding hydrogens is 184 g/mol. The van der Waals surface area contributed by atoms with E-state index in [1.807, 2.05) is 38.4 Å². The summed E-state index contributed by atoms with van der Waals surface area (Å²) in [6.45, 7) is 0.620. The maximum absolute atomic E-state index is 5.79. The molecule has 72 valence electrons. The van der Waals surface area contributed by atoms with Gasteiger partial charge in [-0.1, -0.05) is 23.7 Å². The third-order valence-electron chi connectivity index (χ3n) is 2.10. The van der Waals surface area contributed by atoms with Crippen molar-refractivity contribution in [1.29, 1.82) is 0 Å². The van der Waals surface area contributed by atoms with Crippen LogP contribution in [0.5, 0.6) is 0 Å². The van der Waals surface area contributed by atoms with Gasteiger partial charge in [0.2, 0.25) is 0 Å². The predicted molar refractivity (Wildman–Crippen MR) is 56.9 cm³/mol. The van der Waals surface area contributed by atoms with E-state index in [1.165, 1.54) is 5.56 Å². The summed E-state index contributed by atoms with van der Waals surface area (Å²) < 4.78 is 0. The molecule has 0 saturated carbocycles. The van der Waals surface area contributed by atoms with Crippen molar-refractivity contribution in [2.45, 2.75) is 6.04 Å². The third kappa shape index (κ3) is 2.69. The highest BCUT2D eigenvalue weighted by molar-refractivity contribution is 6.30. The normalized spacial score (nSPS) is 13.3. The Balaban J connectivity index is 2.86. The maximum atomic E-state index is 5.79. The van der Waals surface area contributed by atoms with E-state index < -0.39 is 0 Å². The molecule has 0 heterocycles. The monoisotopic (exact) mass is 198 g/mol. The van der Waals surface area contributed by atoms with Crippen LogP contribution in [0.25, 0.3) is 0 Å². The fraction of sp³-hybridized carbons (Fsp3) is 0.400. The third-order valence-corrected chi connectivity index (χ3v) is 2.35. The summed E-state index contributed by atoms with van der Waals surface area (Å²) in [5, 5.41) is 0.762. The molecule has 0 spiro atoms. The molecule has 0 aliphatic carbocycles. The summed E-state index contributed by atoms with van der Waals surface area (Å²) in [6, 6.07) is 8.09. The topological polar surface area (TPSA) is 29.3 Å². The standard InChI is InChI=1S/C10H15ClN2/c1-13(2)10(7-12)8-3-5-9(11)6-4-8/h3-6,10H,7,12H2,1-2H3. The summed E-state index contributed by atoms with van der Waals surface area (Å²) in [4.78, 5) is 2.10. The SMILES string of the molecule is CN(C)C(CN)c1ccc(Cl)cc1. The van der Waals surface area contributed by atoms with E-state index in [0.717, 1.165) is 5.02 Å². The Labute approximate surface area is 84.3 Å². The summed E-state index contributed by atoms with van der Waals surface area (Å²) in [7, 11) is 4.04. The van der Waals surface area contributed by atoms with Crippen molar-refractivity contribution in [3.8, 4) is 0 Å². The first-order valence-corrected chi connectivity index (χ1v) is 4.65. The van der Waals surface area contributed by atoms with E-state index in [1.54, 1.807) is 0 Å². The van der Waals surface area contributed by atoms with Gasteiger partial charge in [-0.25, -0.2) is 0 Å². The van der Waals surface area contributed by atoms with Gasteiger partial charge < -0.3 is 10.6 Å². The van der Waals surface area contributed by atoms with E-state index in [9.17, 15) is 0 Å². The molecule has 0 radical (unpaired) electrons. The van der Waals surface area contributed by atoms with Crippen molar-refractivity contribution >= 4 is 11.6 Å². The largest absolute Gasteiger partial charge is 0.329 e. The Morgan fingerprint density at radius 1 is 1.31 bits per heavy atom. The van der Waals surface area contributed by atoms with Crippen LogP contribution in [0.2, 0.25) is 5.02 Å². The fourth-order valence-corrected chi connectivity index (χ4v) is 1.46. The molecule has 2 N–H and O–H groups in total. The number of halogens is 1. The van der Waals surface area contributed by atoms with Crippen LogP contribution in [0.15, 0.2) is 24.3 Å². The molecule has 3 heteroatoms. The number of likely N-dealkylation sites (N-methyl/N-ethyl adjacent to an activating group) is 1. The second-order valence-corrected chi connectivity index (χ2v) is 3.70. The highest BCUT2D eigenvalue weighted by Gasteiger charge is 2.10. The first-order chi connectivity index (χ1) is 6.15. The number of rotatable bonds is 3. The van der Waals surface area contributed by atoms with Crippen LogP contribution < -0.4 is 5.73 Å². The number of benzene rings is 1. The molecule has 1 unspecified atom stereocenters. The average Bonchev–Trinajstić information content (AvgIpc) is 2.09. The second-order valence-electron chi connectivity index (χ2n) is 3.27. The van der Waals surface area contributed by atoms with Gasteiger partial charge in [0.1, 0.15) is 0 Å².